The summed E-state index contributed by atoms with van der Waals surface area (Å²) in [4.78, 5) is 11.8. The third-order valence-electron chi connectivity index (χ3n) is 2.17. The first kappa shape index (κ1) is 20.6. The number of nitrogens with zero attached hydrogens (tertiary/aromatic N) is 1. The predicted molar refractivity (Wildman–Crippen MR) is 72.7 cm³/mol. The van der Waals surface area contributed by atoms with E-state index in [4.69, 9.17) is 0 Å². The zero-order valence-corrected chi connectivity index (χ0v) is 13.1. The summed E-state index contributed by atoms with van der Waals surface area (Å²) < 4.78 is 75.6. The van der Waals surface area contributed by atoms with Crippen molar-refractivity contribution in [3.8, 4) is 0 Å². The van der Waals surface area contributed by atoms with Gasteiger partial charge in [-0.15, -0.1) is 0 Å². The number of hydrogen-bond donors (Lipinski definition) is 0. The summed E-state index contributed by atoms with van der Waals surface area (Å²) in [6, 6.07) is 1.17. The molecule has 0 aliphatic rings. The molecule has 0 heterocycles. The second-order valence-electron chi connectivity index (χ2n) is 3.97. The van der Waals surface area contributed by atoms with Crippen LogP contribution in [0.3, 0.4) is 0 Å². The van der Waals surface area contributed by atoms with E-state index in [9.17, 15) is 31.1 Å². The van der Waals surface area contributed by atoms with E-state index in [1.807, 2.05) is 13.8 Å². The van der Waals surface area contributed by atoms with E-state index >= 15 is 0 Å². The van der Waals surface area contributed by atoms with Gasteiger partial charge in [-0.2, -0.15) is 26.3 Å². The zero-order valence-electron chi connectivity index (χ0n) is 12.3. The number of amides is 1. The molecule has 22 heavy (non-hydrogen) atoms. The highest BCUT2D eigenvalue weighted by Crippen LogP contribution is 2.40. The topological polar surface area (TPSA) is 20.3 Å². The average Bonchev–Trinajstić information content (AvgIpc) is 2.38. The minimum Gasteiger partial charge on any atom is -0.339 e. The molecule has 126 valence electrons. The molecule has 0 spiro atoms. The van der Waals surface area contributed by atoms with Gasteiger partial charge >= 0.3 is 12.4 Å². The van der Waals surface area contributed by atoms with Crippen LogP contribution < -0.4 is 0 Å². The molecule has 1 amide bonds. The third-order valence-corrected chi connectivity index (χ3v) is 3.29. The van der Waals surface area contributed by atoms with Crippen molar-refractivity contribution in [1.29, 1.82) is 0 Å². The van der Waals surface area contributed by atoms with Crippen LogP contribution in [0.4, 0.5) is 31.1 Å². The molecule has 1 aromatic rings. The minimum atomic E-state index is -4.98. The van der Waals surface area contributed by atoms with Crippen LogP contribution in [0.5, 0.6) is 0 Å². The number of thioether (sulfide) groups is 1. The lowest BCUT2D eigenvalue weighted by molar-refractivity contribution is -0.144. The Labute approximate surface area is 128 Å². The van der Waals surface area contributed by atoms with E-state index in [1.165, 1.54) is 14.1 Å². The SMILES string of the molecule is CC.CN(C)C(=O)Sc1ccc(C(F)(F)F)cc1C(F)(F)F. The van der Waals surface area contributed by atoms with Gasteiger partial charge in [0, 0.05) is 19.0 Å². The highest BCUT2D eigenvalue weighted by atomic mass is 32.2. The number of hydrogen-bond acceptors (Lipinski definition) is 2. The van der Waals surface area contributed by atoms with Crippen molar-refractivity contribution < 1.29 is 31.1 Å². The number of benzene rings is 1. The fraction of sp³-hybridized carbons (Fsp3) is 0.462. The summed E-state index contributed by atoms with van der Waals surface area (Å²) in [6.07, 6.45) is -9.86. The van der Waals surface area contributed by atoms with Crippen LogP contribution in [0.1, 0.15) is 25.0 Å². The third kappa shape index (κ3) is 5.78. The lowest BCUT2D eigenvalue weighted by Crippen LogP contribution is -2.18. The summed E-state index contributed by atoms with van der Waals surface area (Å²) in [5, 5.41) is -0.713. The van der Waals surface area contributed by atoms with Gasteiger partial charge in [-0.25, -0.2) is 0 Å². The number of carbonyl (C=O) groups is 1. The molecule has 0 aromatic heterocycles. The fourth-order valence-electron chi connectivity index (χ4n) is 1.20. The van der Waals surface area contributed by atoms with Gasteiger partial charge in [0.15, 0.2) is 0 Å². The molecule has 1 rings (SSSR count). The quantitative estimate of drug-likeness (QED) is 0.492. The fourth-order valence-corrected chi connectivity index (χ4v) is 1.99. The Morgan fingerprint density at radius 2 is 1.50 bits per heavy atom. The van der Waals surface area contributed by atoms with Crippen LogP contribution >= 0.6 is 11.8 Å². The molecule has 9 heteroatoms. The second kappa shape index (κ2) is 7.75. The average molecular weight is 347 g/mol. The minimum absolute atomic E-state index is 0.00523. The number of alkyl halides is 6. The Bertz CT molecular complexity index is 510. The van der Waals surface area contributed by atoms with Crippen molar-refractivity contribution in [2.45, 2.75) is 31.1 Å². The summed E-state index contributed by atoms with van der Waals surface area (Å²) >= 11 is 0.224. The highest BCUT2D eigenvalue weighted by Gasteiger charge is 2.38. The van der Waals surface area contributed by atoms with Gasteiger partial charge < -0.3 is 4.90 Å². The van der Waals surface area contributed by atoms with Crippen molar-refractivity contribution in [3.63, 3.8) is 0 Å². The second-order valence-corrected chi connectivity index (χ2v) is 4.96. The molecule has 0 fully saturated rings. The van der Waals surface area contributed by atoms with Gasteiger partial charge in [-0.05, 0) is 30.0 Å². The van der Waals surface area contributed by atoms with Crippen LogP contribution in [0.2, 0.25) is 0 Å². The van der Waals surface area contributed by atoms with Crippen LogP contribution in [0.25, 0.3) is 0 Å². The Kier molecular flexibility index (Phi) is 7.27. The molecule has 0 unspecified atom stereocenters. The Morgan fingerprint density at radius 3 is 1.86 bits per heavy atom. The van der Waals surface area contributed by atoms with Crippen LogP contribution in [0.15, 0.2) is 23.1 Å². The molecule has 0 radical (unpaired) electrons. The maximum absolute atomic E-state index is 12.8. The van der Waals surface area contributed by atoms with Gasteiger partial charge in [0.25, 0.3) is 5.24 Å². The van der Waals surface area contributed by atoms with Crippen molar-refractivity contribution in [3.05, 3.63) is 29.3 Å². The molecular formula is C13H15F6NOS. The highest BCUT2D eigenvalue weighted by molar-refractivity contribution is 8.13. The van der Waals surface area contributed by atoms with Crippen molar-refractivity contribution >= 4 is 17.0 Å². The van der Waals surface area contributed by atoms with E-state index in [0.29, 0.717) is 12.1 Å². The van der Waals surface area contributed by atoms with Gasteiger partial charge in [0.1, 0.15) is 0 Å². The van der Waals surface area contributed by atoms with Gasteiger partial charge in [-0.1, -0.05) is 13.8 Å². The lowest BCUT2D eigenvalue weighted by Gasteiger charge is -2.16. The molecule has 0 bridgehead atoms. The molecule has 0 saturated carbocycles. The molecule has 0 aliphatic carbocycles. The van der Waals surface area contributed by atoms with E-state index in [-0.39, 0.29) is 17.8 Å². The molecule has 0 atom stereocenters. The van der Waals surface area contributed by atoms with Crippen LogP contribution in [0, 0.1) is 0 Å². The van der Waals surface area contributed by atoms with Gasteiger partial charge in [0.2, 0.25) is 0 Å². The van der Waals surface area contributed by atoms with E-state index in [1.54, 1.807) is 0 Å². The van der Waals surface area contributed by atoms with Crippen molar-refractivity contribution in [2.24, 2.45) is 0 Å². The molecule has 0 saturated heterocycles. The van der Waals surface area contributed by atoms with E-state index in [2.05, 4.69) is 0 Å². The first-order valence-electron chi connectivity index (χ1n) is 6.10. The molecular weight excluding hydrogens is 332 g/mol. The molecule has 1 aromatic carbocycles. The van der Waals surface area contributed by atoms with E-state index in [0.717, 1.165) is 4.90 Å². The molecule has 2 nitrogen and oxygen atoms in total. The first-order chi connectivity index (χ1) is 9.93. The van der Waals surface area contributed by atoms with Crippen molar-refractivity contribution in [2.75, 3.05) is 14.1 Å². The molecule has 0 N–H and O–H groups in total. The smallest absolute Gasteiger partial charge is 0.339 e. The summed E-state index contributed by atoms with van der Waals surface area (Å²) in [5.74, 6) is 0. The van der Waals surface area contributed by atoms with Crippen molar-refractivity contribution in [1.82, 2.24) is 4.90 Å². The normalized spacial score (nSPS) is 11.5. The van der Waals surface area contributed by atoms with Gasteiger partial charge in [0.05, 0.1) is 11.1 Å². The summed E-state index contributed by atoms with van der Waals surface area (Å²) in [7, 11) is 2.65. The summed E-state index contributed by atoms with van der Waals surface area (Å²) in [6.45, 7) is 4.00. The van der Waals surface area contributed by atoms with Gasteiger partial charge in [-0.3, -0.25) is 4.79 Å². The zero-order chi connectivity index (χ0) is 17.7. The standard InChI is InChI=1S/C11H9F6NOS.C2H6/c1-18(2)9(19)20-8-4-3-6(10(12,13)14)5-7(8)11(15,16)17;1-2/h3-5H,1-2H3;1-2H3. The van der Waals surface area contributed by atoms with Crippen LogP contribution in [-0.2, 0) is 12.4 Å². The monoisotopic (exact) mass is 347 g/mol. The van der Waals surface area contributed by atoms with E-state index < -0.39 is 33.6 Å². The maximum Gasteiger partial charge on any atom is 0.417 e. The molecule has 0 aliphatic heterocycles. The summed E-state index contributed by atoms with van der Waals surface area (Å²) in [5.41, 5.74) is -2.89. The maximum atomic E-state index is 12.8. The largest absolute Gasteiger partial charge is 0.417 e. The van der Waals surface area contributed by atoms with Crippen LogP contribution in [-0.4, -0.2) is 24.2 Å². The Balaban J connectivity index is 0.00000211. The lowest BCUT2D eigenvalue weighted by atomic mass is 10.1. The Morgan fingerprint density at radius 1 is 1.00 bits per heavy atom. The predicted octanol–water partition coefficient (Wildman–Crippen LogP) is 5.52. The number of halogens is 6. The first-order valence-corrected chi connectivity index (χ1v) is 6.92. The Hall–Kier alpha value is -1.38. The number of carbonyl (C=O) groups excluding carboxylic acids is 1. The number of rotatable bonds is 1.